The van der Waals surface area contributed by atoms with Gasteiger partial charge in [-0.25, -0.2) is 9.18 Å². The third-order valence-electron chi connectivity index (χ3n) is 6.41. The molecular formula is C26H32FN3O5. The number of ether oxygens (including phenoxy) is 2. The average molecular weight is 486 g/mol. The third-order valence-corrected chi connectivity index (χ3v) is 6.41. The molecule has 2 fully saturated rings. The van der Waals surface area contributed by atoms with Crippen LogP contribution in [-0.2, 0) is 14.3 Å². The Morgan fingerprint density at radius 2 is 1.94 bits per heavy atom. The molecule has 35 heavy (non-hydrogen) atoms. The van der Waals surface area contributed by atoms with E-state index in [1.54, 1.807) is 6.07 Å². The molecule has 2 saturated heterocycles. The normalized spacial score (nSPS) is 25.5. The van der Waals surface area contributed by atoms with E-state index >= 15 is 0 Å². The molecule has 2 aromatic rings. The third kappa shape index (κ3) is 6.78. The maximum atomic E-state index is 13.6. The summed E-state index contributed by atoms with van der Waals surface area (Å²) >= 11 is 0. The zero-order valence-corrected chi connectivity index (χ0v) is 19.7. The van der Waals surface area contributed by atoms with Crippen molar-refractivity contribution >= 4 is 17.6 Å². The Kier molecular flexibility index (Phi) is 8.33. The number of aliphatic hydroxyl groups is 1. The van der Waals surface area contributed by atoms with Crippen LogP contribution in [0.4, 0.5) is 14.9 Å². The molecule has 3 amide bonds. The van der Waals surface area contributed by atoms with Gasteiger partial charge in [-0.1, -0.05) is 36.4 Å². The minimum Gasteiger partial charge on any atom is -0.389 e. The van der Waals surface area contributed by atoms with Gasteiger partial charge in [0.1, 0.15) is 11.9 Å². The lowest BCUT2D eigenvalue weighted by Crippen LogP contribution is -2.58. The number of urea groups is 1. The minimum atomic E-state index is -0.850. The number of hydrogen-bond acceptors (Lipinski definition) is 5. The van der Waals surface area contributed by atoms with Crippen molar-refractivity contribution in [2.24, 2.45) is 0 Å². The van der Waals surface area contributed by atoms with Crippen LogP contribution >= 0.6 is 0 Å². The van der Waals surface area contributed by atoms with Crippen molar-refractivity contribution in [1.82, 2.24) is 10.2 Å². The summed E-state index contributed by atoms with van der Waals surface area (Å²) in [5, 5.41) is 16.0. The first-order valence-corrected chi connectivity index (χ1v) is 12.0. The monoisotopic (exact) mass is 485 g/mol. The van der Waals surface area contributed by atoms with Gasteiger partial charge in [0, 0.05) is 5.69 Å². The van der Waals surface area contributed by atoms with E-state index < -0.39 is 24.1 Å². The number of aliphatic hydroxyl groups excluding tert-OH is 1. The van der Waals surface area contributed by atoms with E-state index in [4.69, 9.17) is 9.47 Å². The molecule has 2 aromatic carbocycles. The molecular weight excluding hydrogens is 453 g/mol. The average Bonchev–Trinajstić information content (AvgIpc) is 2.82. The molecule has 0 aliphatic carbocycles. The molecule has 0 aromatic heterocycles. The Morgan fingerprint density at radius 3 is 2.71 bits per heavy atom. The number of benzene rings is 2. The number of halogens is 1. The summed E-state index contributed by atoms with van der Waals surface area (Å²) in [4.78, 5) is 27.3. The molecule has 2 aliphatic rings. The van der Waals surface area contributed by atoms with Gasteiger partial charge in [0.05, 0.1) is 50.5 Å². The van der Waals surface area contributed by atoms with E-state index in [-0.39, 0.29) is 50.3 Å². The summed E-state index contributed by atoms with van der Waals surface area (Å²) in [7, 11) is 0. The summed E-state index contributed by atoms with van der Waals surface area (Å²) in [5.74, 6) is -0.557. The highest BCUT2D eigenvalue weighted by Crippen LogP contribution is 2.28. The summed E-state index contributed by atoms with van der Waals surface area (Å²) in [6.45, 7) is 2.26. The summed E-state index contributed by atoms with van der Waals surface area (Å²) in [6, 6.07) is 14.5. The van der Waals surface area contributed by atoms with Gasteiger partial charge in [-0.15, -0.1) is 0 Å². The number of amides is 3. The predicted molar refractivity (Wildman–Crippen MR) is 128 cm³/mol. The lowest BCUT2D eigenvalue weighted by atomic mass is 9.94. The van der Waals surface area contributed by atoms with Crippen molar-refractivity contribution < 1.29 is 28.6 Å². The molecule has 188 valence electrons. The first-order valence-electron chi connectivity index (χ1n) is 12.0. The van der Waals surface area contributed by atoms with E-state index in [0.29, 0.717) is 18.5 Å². The van der Waals surface area contributed by atoms with Crippen LogP contribution in [0.2, 0.25) is 0 Å². The van der Waals surface area contributed by atoms with Crippen LogP contribution in [0.25, 0.3) is 0 Å². The second kappa shape index (κ2) is 11.6. The topological polar surface area (TPSA) is 100 Å². The Balaban J connectivity index is 1.38. The molecule has 0 unspecified atom stereocenters. The van der Waals surface area contributed by atoms with E-state index in [1.807, 2.05) is 37.3 Å². The molecule has 5 atom stereocenters. The minimum absolute atomic E-state index is 0.0609. The van der Waals surface area contributed by atoms with Crippen LogP contribution < -0.4 is 10.6 Å². The largest absolute Gasteiger partial charge is 0.389 e. The van der Waals surface area contributed by atoms with Gasteiger partial charge >= 0.3 is 6.03 Å². The molecule has 4 rings (SSSR count). The second-order valence-corrected chi connectivity index (χ2v) is 9.13. The van der Waals surface area contributed by atoms with Crippen LogP contribution in [0.1, 0.15) is 37.8 Å². The quantitative estimate of drug-likeness (QED) is 0.604. The van der Waals surface area contributed by atoms with Crippen molar-refractivity contribution in [2.45, 2.75) is 56.6 Å². The van der Waals surface area contributed by atoms with E-state index in [1.165, 1.54) is 23.1 Å². The number of hydrogen-bond donors (Lipinski definition) is 3. The van der Waals surface area contributed by atoms with Crippen molar-refractivity contribution in [3.8, 4) is 0 Å². The molecule has 0 spiro atoms. The van der Waals surface area contributed by atoms with E-state index in [2.05, 4.69) is 10.6 Å². The Labute approximate surface area is 204 Å². The molecule has 2 heterocycles. The lowest BCUT2D eigenvalue weighted by molar-refractivity contribution is -0.150. The van der Waals surface area contributed by atoms with Gasteiger partial charge in [0.2, 0.25) is 5.91 Å². The van der Waals surface area contributed by atoms with Gasteiger partial charge in [-0.2, -0.15) is 0 Å². The molecule has 0 saturated carbocycles. The molecule has 0 bridgehead atoms. The van der Waals surface area contributed by atoms with Crippen LogP contribution in [0.3, 0.4) is 0 Å². The van der Waals surface area contributed by atoms with Gasteiger partial charge in [-0.05, 0) is 43.5 Å². The number of nitrogens with one attached hydrogen (secondary N) is 2. The summed E-state index contributed by atoms with van der Waals surface area (Å²) in [6.07, 6.45) is -0.229. The molecule has 0 radical (unpaired) electrons. The fourth-order valence-electron chi connectivity index (χ4n) is 4.67. The number of carbonyl (C=O) groups excluding carboxylic acids is 2. The van der Waals surface area contributed by atoms with Crippen molar-refractivity contribution in [1.29, 1.82) is 0 Å². The summed E-state index contributed by atoms with van der Waals surface area (Å²) < 4.78 is 25.4. The maximum Gasteiger partial charge on any atom is 0.322 e. The van der Waals surface area contributed by atoms with Crippen molar-refractivity contribution in [2.75, 3.05) is 25.1 Å². The smallest absolute Gasteiger partial charge is 0.322 e. The van der Waals surface area contributed by atoms with Gasteiger partial charge < -0.3 is 30.1 Å². The van der Waals surface area contributed by atoms with Crippen LogP contribution in [0, 0.1) is 5.82 Å². The van der Waals surface area contributed by atoms with Gasteiger partial charge in [0.15, 0.2) is 0 Å². The molecule has 3 N–H and O–H groups in total. The number of anilines is 1. The molecule has 8 nitrogen and oxygen atoms in total. The van der Waals surface area contributed by atoms with E-state index in [0.717, 1.165) is 5.56 Å². The van der Waals surface area contributed by atoms with Gasteiger partial charge in [0.25, 0.3) is 0 Å². The molecule has 9 heteroatoms. The molecule has 2 aliphatic heterocycles. The van der Waals surface area contributed by atoms with E-state index in [9.17, 15) is 19.1 Å². The summed E-state index contributed by atoms with van der Waals surface area (Å²) in [5.41, 5.74) is 1.36. The SMILES string of the molecule is C[C@@H](NC(=O)C[C@@H]1CC[C@H]2[C@@H](COC[C@@H](O)CN2C(=O)Nc2cccc(F)c2)O1)c1ccccc1. The number of carbonyl (C=O) groups is 2. The fourth-order valence-corrected chi connectivity index (χ4v) is 4.67. The highest BCUT2D eigenvalue weighted by atomic mass is 19.1. The standard InChI is InChI=1S/C26H32FN3O5/c1-17(18-6-3-2-4-7-18)28-25(32)13-22-10-11-23-24(35-22)16-34-15-21(31)14-30(23)26(33)29-20-9-5-8-19(27)12-20/h2-9,12,17,21-24,31H,10-11,13-16H2,1H3,(H,28,32)(H,29,33)/t17-,21+,22+,23+,24-/m1/s1. The first-order chi connectivity index (χ1) is 16.9. The second-order valence-electron chi connectivity index (χ2n) is 9.13. The van der Waals surface area contributed by atoms with Gasteiger partial charge in [-0.3, -0.25) is 4.79 Å². The lowest BCUT2D eigenvalue weighted by Gasteiger charge is -2.44. The van der Waals surface area contributed by atoms with Crippen LogP contribution in [0.5, 0.6) is 0 Å². The number of rotatable bonds is 5. The highest BCUT2D eigenvalue weighted by molar-refractivity contribution is 5.89. The highest BCUT2D eigenvalue weighted by Gasteiger charge is 2.40. The Hall–Kier alpha value is -3.01. The Bertz CT molecular complexity index is 1010. The number of nitrogens with zero attached hydrogens (tertiary/aromatic N) is 1. The van der Waals surface area contributed by atoms with Crippen molar-refractivity contribution in [3.05, 3.63) is 66.0 Å². The first kappa shape index (κ1) is 25.1. The maximum absolute atomic E-state index is 13.6. The number of fused-ring (bicyclic) bond motifs is 1. The van der Waals surface area contributed by atoms with Crippen LogP contribution in [0.15, 0.2) is 54.6 Å². The fraction of sp³-hybridized carbons (Fsp3) is 0.462. The predicted octanol–water partition coefficient (Wildman–Crippen LogP) is 3.23. The zero-order valence-electron chi connectivity index (χ0n) is 19.7. The Morgan fingerprint density at radius 1 is 1.14 bits per heavy atom. The zero-order chi connectivity index (χ0) is 24.8. The number of β-amino-alcohol motifs (C(OH)–C–C–N with tert-alkyl or cyclic N) is 1. The van der Waals surface area contributed by atoms with Crippen LogP contribution in [-0.4, -0.2) is 66.1 Å². The van der Waals surface area contributed by atoms with Crippen molar-refractivity contribution in [3.63, 3.8) is 0 Å².